The highest BCUT2D eigenvalue weighted by atomic mass is 19.4. The second-order valence-electron chi connectivity index (χ2n) is 4.35. The number of rotatable bonds is 7. The number of carbonyl (C=O) groups is 1. The molecule has 0 heterocycles. The lowest BCUT2D eigenvalue weighted by molar-refractivity contribution is -0.230. The molecule has 6 heteroatoms. The number of likely N-dealkylation sites (N-methyl/N-ethyl adjacent to an activating group) is 1. The van der Waals surface area contributed by atoms with Crippen LogP contribution in [-0.2, 0) is 9.53 Å². The molecular weight excluding hydrogens is 247 g/mol. The van der Waals surface area contributed by atoms with Gasteiger partial charge in [0.2, 0.25) is 0 Å². The van der Waals surface area contributed by atoms with Crippen LogP contribution in [0.4, 0.5) is 13.2 Å². The number of hydrogen-bond acceptors (Lipinski definition) is 3. The van der Waals surface area contributed by atoms with Crippen molar-refractivity contribution in [2.75, 3.05) is 26.2 Å². The molecule has 108 valence electrons. The number of halogens is 3. The second kappa shape index (κ2) is 6.97. The first-order chi connectivity index (χ1) is 8.22. The van der Waals surface area contributed by atoms with Crippen molar-refractivity contribution >= 4 is 5.97 Å². The van der Waals surface area contributed by atoms with Crippen molar-refractivity contribution in [1.82, 2.24) is 4.90 Å². The van der Waals surface area contributed by atoms with Crippen LogP contribution in [0.2, 0.25) is 0 Å². The number of esters is 1. The third-order valence-electron chi connectivity index (χ3n) is 3.32. The van der Waals surface area contributed by atoms with Gasteiger partial charge in [-0.1, -0.05) is 20.8 Å². The summed E-state index contributed by atoms with van der Waals surface area (Å²) < 4.78 is 43.0. The molecular formula is C12H22F3NO2. The third-order valence-corrected chi connectivity index (χ3v) is 3.32. The molecule has 0 rings (SSSR count). The molecule has 3 nitrogen and oxygen atoms in total. The van der Waals surface area contributed by atoms with Crippen molar-refractivity contribution in [3.05, 3.63) is 0 Å². The molecule has 1 atom stereocenters. The van der Waals surface area contributed by atoms with E-state index in [0.717, 1.165) is 20.0 Å². The molecule has 0 aromatic carbocycles. The molecule has 0 radical (unpaired) electrons. The van der Waals surface area contributed by atoms with Crippen molar-refractivity contribution in [2.45, 2.75) is 40.3 Å². The Morgan fingerprint density at radius 1 is 1.17 bits per heavy atom. The van der Waals surface area contributed by atoms with E-state index >= 15 is 0 Å². The lowest BCUT2D eigenvalue weighted by atomic mass is 9.87. The van der Waals surface area contributed by atoms with E-state index in [9.17, 15) is 18.0 Å². The summed E-state index contributed by atoms with van der Waals surface area (Å²) in [5.74, 6) is -1.19. The van der Waals surface area contributed by atoms with Gasteiger partial charge in [-0.25, -0.2) is 0 Å². The van der Waals surface area contributed by atoms with Gasteiger partial charge in [-0.15, -0.1) is 0 Å². The van der Waals surface area contributed by atoms with E-state index in [1.165, 1.54) is 6.92 Å². The Bertz CT molecular complexity index is 265. The largest absolute Gasteiger partial charge is 0.464 e. The molecule has 0 bridgehead atoms. The SMILES string of the molecule is CCN(CC)CCOC(=O)C(C)(CC)C(F)(F)F. The van der Waals surface area contributed by atoms with E-state index in [0.29, 0.717) is 6.54 Å². The van der Waals surface area contributed by atoms with Gasteiger partial charge in [0, 0.05) is 6.54 Å². The summed E-state index contributed by atoms with van der Waals surface area (Å²) in [5.41, 5.74) is -2.41. The van der Waals surface area contributed by atoms with Crippen molar-refractivity contribution in [1.29, 1.82) is 0 Å². The van der Waals surface area contributed by atoms with E-state index in [-0.39, 0.29) is 13.0 Å². The Morgan fingerprint density at radius 2 is 1.67 bits per heavy atom. The van der Waals surface area contributed by atoms with Crippen LogP contribution in [0.1, 0.15) is 34.1 Å². The van der Waals surface area contributed by atoms with Gasteiger partial charge in [-0.3, -0.25) is 4.79 Å². The molecule has 0 N–H and O–H groups in total. The van der Waals surface area contributed by atoms with Gasteiger partial charge in [0.1, 0.15) is 6.61 Å². The molecule has 0 amide bonds. The van der Waals surface area contributed by atoms with Crippen molar-refractivity contribution in [3.8, 4) is 0 Å². The van der Waals surface area contributed by atoms with Gasteiger partial charge in [0.05, 0.1) is 0 Å². The fraction of sp³-hybridized carbons (Fsp3) is 0.917. The minimum atomic E-state index is -4.58. The van der Waals surface area contributed by atoms with Gasteiger partial charge in [0.25, 0.3) is 0 Å². The fourth-order valence-electron chi connectivity index (χ4n) is 1.43. The predicted molar refractivity (Wildman–Crippen MR) is 63.2 cm³/mol. The van der Waals surface area contributed by atoms with Crippen LogP contribution in [0, 0.1) is 5.41 Å². The van der Waals surface area contributed by atoms with Crippen molar-refractivity contribution in [2.24, 2.45) is 5.41 Å². The van der Waals surface area contributed by atoms with Crippen LogP contribution in [0.5, 0.6) is 0 Å². The summed E-state index contributed by atoms with van der Waals surface area (Å²) in [7, 11) is 0. The Kier molecular flexibility index (Phi) is 6.67. The van der Waals surface area contributed by atoms with Crippen LogP contribution < -0.4 is 0 Å². The van der Waals surface area contributed by atoms with Gasteiger partial charge in [0.15, 0.2) is 5.41 Å². The summed E-state index contributed by atoms with van der Waals surface area (Å²) >= 11 is 0. The Hall–Kier alpha value is -0.780. The Balaban J connectivity index is 4.39. The smallest absolute Gasteiger partial charge is 0.404 e. The highest BCUT2D eigenvalue weighted by Gasteiger charge is 2.56. The highest BCUT2D eigenvalue weighted by molar-refractivity contribution is 5.77. The topological polar surface area (TPSA) is 29.5 Å². The normalized spacial score (nSPS) is 15.6. The van der Waals surface area contributed by atoms with Crippen LogP contribution >= 0.6 is 0 Å². The average molecular weight is 269 g/mol. The van der Waals surface area contributed by atoms with Crippen LogP contribution in [0.3, 0.4) is 0 Å². The Labute approximate surface area is 106 Å². The lowest BCUT2D eigenvalue weighted by Crippen LogP contribution is -2.43. The van der Waals surface area contributed by atoms with Crippen LogP contribution in [-0.4, -0.2) is 43.3 Å². The third kappa shape index (κ3) is 4.15. The standard InChI is InChI=1S/C12H22F3NO2/c1-5-11(4,12(13,14)15)10(17)18-9-8-16(6-2)7-3/h5-9H2,1-4H3. The van der Waals surface area contributed by atoms with Gasteiger partial charge < -0.3 is 9.64 Å². The molecule has 0 aliphatic rings. The first-order valence-corrected chi connectivity index (χ1v) is 6.19. The predicted octanol–water partition coefficient (Wildman–Crippen LogP) is 2.85. The maximum atomic E-state index is 12.8. The van der Waals surface area contributed by atoms with E-state index in [1.54, 1.807) is 0 Å². The first-order valence-electron chi connectivity index (χ1n) is 6.19. The Morgan fingerprint density at radius 3 is 2.00 bits per heavy atom. The minimum absolute atomic E-state index is 0.00775. The van der Waals surface area contributed by atoms with Crippen LogP contribution in [0.15, 0.2) is 0 Å². The number of alkyl halides is 3. The molecule has 1 unspecified atom stereocenters. The summed E-state index contributed by atoms with van der Waals surface area (Å²) in [5, 5.41) is 0. The first kappa shape index (κ1) is 17.2. The molecule has 0 saturated heterocycles. The molecule has 0 aliphatic carbocycles. The molecule has 0 aromatic heterocycles. The summed E-state index contributed by atoms with van der Waals surface area (Å²) in [4.78, 5) is 13.5. The number of carbonyl (C=O) groups excluding carboxylic acids is 1. The van der Waals surface area contributed by atoms with Crippen molar-refractivity contribution in [3.63, 3.8) is 0 Å². The molecule has 0 aliphatic heterocycles. The fourth-order valence-corrected chi connectivity index (χ4v) is 1.43. The zero-order valence-corrected chi connectivity index (χ0v) is 11.4. The van der Waals surface area contributed by atoms with E-state index in [2.05, 4.69) is 0 Å². The number of nitrogens with zero attached hydrogens (tertiary/aromatic N) is 1. The molecule has 0 aromatic rings. The highest BCUT2D eigenvalue weighted by Crippen LogP contribution is 2.41. The van der Waals surface area contributed by atoms with E-state index in [1.807, 2.05) is 18.7 Å². The quantitative estimate of drug-likeness (QED) is 0.666. The molecule has 0 saturated carbocycles. The summed E-state index contributed by atoms with van der Waals surface area (Å²) in [6, 6.07) is 0. The summed E-state index contributed by atoms with van der Waals surface area (Å²) in [6.07, 6.45) is -4.89. The zero-order valence-electron chi connectivity index (χ0n) is 11.4. The monoisotopic (exact) mass is 269 g/mol. The van der Waals surface area contributed by atoms with E-state index < -0.39 is 17.6 Å². The van der Waals surface area contributed by atoms with Crippen LogP contribution in [0.25, 0.3) is 0 Å². The minimum Gasteiger partial charge on any atom is -0.464 e. The maximum absolute atomic E-state index is 12.8. The van der Waals surface area contributed by atoms with Gasteiger partial charge >= 0.3 is 12.1 Å². The van der Waals surface area contributed by atoms with E-state index in [4.69, 9.17) is 4.74 Å². The lowest BCUT2D eigenvalue weighted by Gasteiger charge is -2.28. The molecule has 18 heavy (non-hydrogen) atoms. The molecule has 0 spiro atoms. The molecule has 0 fully saturated rings. The van der Waals surface area contributed by atoms with Gasteiger partial charge in [-0.2, -0.15) is 13.2 Å². The van der Waals surface area contributed by atoms with Gasteiger partial charge in [-0.05, 0) is 26.4 Å². The van der Waals surface area contributed by atoms with Crippen molar-refractivity contribution < 1.29 is 22.7 Å². The second-order valence-corrected chi connectivity index (χ2v) is 4.35. The maximum Gasteiger partial charge on any atom is 0.404 e. The average Bonchev–Trinajstić information content (AvgIpc) is 2.31. The number of hydrogen-bond donors (Lipinski definition) is 0. The summed E-state index contributed by atoms with van der Waals surface area (Å²) in [6.45, 7) is 8.10. The number of ether oxygens (including phenoxy) is 1. The zero-order chi connectivity index (χ0) is 14.4.